The monoisotopic (exact) mass is 1210 g/mol. The Hall–Kier alpha value is -7.15. The number of aliphatic hydroxyl groups is 1. The van der Waals surface area contributed by atoms with Gasteiger partial charge < -0.3 is 46.6 Å². The SMILES string of the molecule is CNC(=O)C[C@@H]1NC(=O)c2csc(n2)-c2ccc(-c3nc(NC(=O)CCCN(C)C)cs3)nc2-c2csc(n2)-c2csc(n2)[C@H]([C@@H](O)c2ccccc2)NC(=O)CNC(=O)c2nc(sc2COC)[C@@H](C(C)C)NC(=O)c2nc1sc2C. The number of carbonyl (C=O) groups is 6. The molecular weight excluding hydrogens is 1150 g/mol. The first-order valence-corrected chi connectivity index (χ1v) is 30.5. The summed E-state index contributed by atoms with van der Waals surface area (Å²) in [6, 6.07) is 9.66. The molecule has 0 saturated heterocycles. The Bertz CT molecular complexity index is 3590. The van der Waals surface area contributed by atoms with Crippen LogP contribution in [0.3, 0.4) is 0 Å². The number of benzene rings is 1. The molecule has 81 heavy (non-hydrogen) atoms. The third-order valence-electron chi connectivity index (χ3n) is 12.5. The van der Waals surface area contributed by atoms with Crippen LogP contribution in [0.5, 0.6) is 0 Å². The lowest BCUT2D eigenvalue weighted by Crippen LogP contribution is -2.40. The second-order valence-corrected chi connectivity index (χ2v) is 24.9. The van der Waals surface area contributed by atoms with E-state index >= 15 is 0 Å². The molecule has 6 amide bonds. The largest absolute Gasteiger partial charge is 0.386 e. The normalized spacial score (nSPS) is 16.5. The van der Waals surface area contributed by atoms with Crippen LogP contribution in [0.15, 0.2) is 64.0 Å². The first-order valence-electron chi connectivity index (χ1n) is 25.3. The lowest BCUT2D eigenvalue weighted by atomic mass is 10.0. The summed E-state index contributed by atoms with van der Waals surface area (Å²) in [5, 5.41) is 38.4. The average Bonchev–Trinajstić information content (AvgIpc) is 4.33. The number of pyridine rings is 1. The third-order valence-corrected chi connectivity index (χ3v) is 18.3. The fourth-order valence-corrected chi connectivity index (χ4v) is 13.9. The van der Waals surface area contributed by atoms with Crippen LogP contribution in [0, 0.1) is 12.8 Å². The van der Waals surface area contributed by atoms with E-state index in [-0.39, 0.29) is 47.8 Å². The molecule has 1 aromatic carbocycles. The first kappa shape index (κ1) is 58.5. The van der Waals surface area contributed by atoms with E-state index < -0.39 is 54.4 Å². The molecular formula is C53H56N14O8S6. The maximum atomic E-state index is 14.3. The zero-order valence-electron chi connectivity index (χ0n) is 44.8. The Labute approximate surface area is 489 Å². The summed E-state index contributed by atoms with van der Waals surface area (Å²) in [5.41, 5.74) is 2.94. The molecule has 0 fully saturated rings. The van der Waals surface area contributed by atoms with Gasteiger partial charge in [0.05, 0.1) is 42.2 Å². The smallest absolute Gasteiger partial charge is 0.271 e. The predicted molar refractivity (Wildman–Crippen MR) is 313 cm³/mol. The van der Waals surface area contributed by atoms with Crippen molar-refractivity contribution in [2.75, 3.05) is 46.7 Å². The summed E-state index contributed by atoms with van der Waals surface area (Å²) in [4.78, 5) is 119. The molecule has 10 bridgehead atoms. The molecule has 0 radical (unpaired) electrons. The van der Waals surface area contributed by atoms with Gasteiger partial charge in [-0.2, -0.15) is 0 Å². The number of aryl methyl sites for hydroxylation is 1. The van der Waals surface area contributed by atoms with E-state index in [4.69, 9.17) is 39.6 Å². The highest BCUT2D eigenvalue weighted by Gasteiger charge is 2.33. The fourth-order valence-electron chi connectivity index (χ4n) is 8.40. The van der Waals surface area contributed by atoms with Crippen LogP contribution in [-0.4, -0.2) is 122 Å². The van der Waals surface area contributed by atoms with Gasteiger partial charge in [-0.1, -0.05) is 44.2 Å². The highest BCUT2D eigenvalue weighted by atomic mass is 32.1. The van der Waals surface area contributed by atoms with Crippen molar-refractivity contribution in [3.63, 3.8) is 0 Å². The van der Waals surface area contributed by atoms with Gasteiger partial charge in [-0.3, -0.25) is 28.8 Å². The second kappa shape index (κ2) is 26.2. The number of nitrogens with one attached hydrogen (secondary N) is 6. The van der Waals surface area contributed by atoms with Crippen molar-refractivity contribution in [2.24, 2.45) is 5.92 Å². The van der Waals surface area contributed by atoms with Gasteiger partial charge >= 0.3 is 0 Å². The molecule has 28 heteroatoms. The van der Waals surface area contributed by atoms with Crippen molar-refractivity contribution < 1.29 is 38.6 Å². The Morgan fingerprint density at radius 1 is 0.716 bits per heavy atom. The number of thiazole rings is 6. The quantitative estimate of drug-likeness (QED) is 0.0585. The molecule has 0 aliphatic carbocycles. The number of fused-ring (bicyclic) bond motifs is 14. The lowest BCUT2D eigenvalue weighted by Gasteiger charge is -2.23. The maximum Gasteiger partial charge on any atom is 0.271 e. The van der Waals surface area contributed by atoms with Gasteiger partial charge in [-0.15, -0.1) is 68.0 Å². The van der Waals surface area contributed by atoms with Gasteiger partial charge in [0.1, 0.15) is 82.2 Å². The van der Waals surface area contributed by atoms with Crippen LogP contribution in [-0.2, 0) is 25.7 Å². The van der Waals surface area contributed by atoms with Crippen molar-refractivity contribution in [3.8, 4) is 43.4 Å². The number of aliphatic hydroxyl groups excluding tert-OH is 1. The van der Waals surface area contributed by atoms with Crippen LogP contribution >= 0.6 is 68.0 Å². The number of methoxy groups -OCH3 is 1. The predicted octanol–water partition coefficient (Wildman–Crippen LogP) is 7.59. The zero-order valence-corrected chi connectivity index (χ0v) is 49.7. The van der Waals surface area contributed by atoms with Gasteiger partial charge in [0.15, 0.2) is 0 Å². The van der Waals surface area contributed by atoms with Crippen molar-refractivity contribution in [1.29, 1.82) is 0 Å². The Balaban J connectivity index is 1.11. The molecule has 422 valence electrons. The summed E-state index contributed by atoms with van der Waals surface area (Å²) in [5.74, 6) is -2.83. The number of hydrogen-bond acceptors (Lipinski definition) is 22. The van der Waals surface area contributed by atoms with Crippen molar-refractivity contribution in [1.82, 2.24) is 66.4 Å². The molecule has 8 heterocycles. The Morgan fingerprint density at radius 2 is 1.43 bits per heavy atom. The van der Waals surface area contributed by atoms with E-state index in [0.29, 0.717) is 92.4 Å². The van der Waals surface area contributed by atoms with Crippen LogP contribution in [0.25, 0.3) is 43.4 Å². The minimum absolute atomic E-state index is 0.00682. The molecule has 4 atom stereocenters. The van der Waals surface area contributed by atoms with Crippen LogP contribution in [0.4, 0.5) is 5.82 Å². The fraction of sp³-hybridized carbons (Fsp3) is 0.340. The van der Waals surface area contributed by atoms with Gasteiger partial charge in [-0.05, 0) is 57.6 Å². The number of nitrogens with zero attached hydrogens (tertiary/aromatic N) is 8. The molecule has 1 aliphatic rings. The number of anilines is 1. The van der Waals surface area contributed by atoms with E-state index in [1.54, 1.807) is 53.4 Å². The molecule has 1 aliphatic heterocycles. The molecule has 7 N–H and O–H groups in total. The van der Waals surface area contributed by atoms with Crippen molar-refractivity contribution in [2.45, 2.75) is 70.9 Å². The summed E-state index contributed by atoms with van der Waals surface area (Å²) in [6.07, 6.45) is -0.454. The van der Waals surface area contributed by atoms with E-state index in [0.717, 1.165) is 17.9 Å². The van der Waals surface area contributed by atoms with Crippen molar-refractivity contribution >= 4 is 109 Å². The van der Waals surface area contributed by atoms with E-state index in [1.165, 1.54) is 70.8 Å². The van der Waals surface area contributed by atoms with Crippen LogP contribution in [0.2, 0.25) is 0 Å². The number of carbonyl (C=O) groups excluding carboxylic acids is 6. The Kier molecular flexibility index (Phi) is 18.9. The molecule has 0 saturated carbocycles. The minimum Gasteiger partial charge on any atom is -0.386 e. The minimum atomic E-state index is -1.26. The van der Waals surface area contributed by atoms with Gasteiger partial charge in [0.25, 0.3) is 17.7 Å². The number of ether oxygens (including phenoxy) is 1. The van der Waals surface area contributed by atoms with Crippen LogP contribution < -0.4 is 31.9 Å². The number of rotatable bonds is 13. The zero-order chi connectivity index (χ0) is 57.5. The molecule has 22 nitrogen and oxygen atoms in total. The summed E-state index contributed by atoms with van der Waals surface area (Å²) in [6.45, 7) is 5.77. The Morgan fingerprint density at radius 3 is 2.19 bits per heavy atom. The number of hydrogen-bond donors (Lipinski definition) is 7. The topological polar surface area (TPSA) is 298 Å². The van der Waals surface area contributed by atoms with Crippen LogP contribution in [0.1, 0.15) is 119 Å². The molecule has 0 spiro atoms. The highest BCUT2D eigenvalue weighted by Crippen LogP contribution is 2.40. The van der Waals surface area contributed by atoms with E-state index in [9.17, 15) is 33.9 Å². The van der Waals surface area contributed by atoms with Gasteiger partial charge in [0.2, 0.25) is 17.7 Å². The van der Waals surface area contributed by atoms with Gasteiger partial charge in [0, 0.05) is 52.5 Å². The first-order chi connectivity index (χ1) is 39.0. The lowest BCUT2D eigenvalue weighted by molar-refractivity contribution is -0.122. The van der Waals surface area contributed by atoms with E-state index in [2.05, 4.69) is 31.9 Å². The average molecular weight is 1210 g/mol. The van der Waals surface area contributed by atoms with Gasteiger partial charge in [-0.25, -0.2) is 34.9 Å². The standard InChI is InChI=1S/C53H56N14O8S6/c1-25(2)39-53-66-42(34(81-53)20-75-7)46(73)55-19-38(70)63-43(44(71)27-12-9-8-10-13-27)52-60-33(23-78-52)50-58-31(21-77-50)41-28(15-16-29(56-41)49-62-35(24-79-49)61-36(68)14-11-17-67(5)6)48-59-32(22-76-48)45(72)57-30(18-37(69)54-4)51-65-40(26(3)80-51)47(74)64-39/h8-10,12-13,15-16,21-25,30,39,43-44,71H,11,14,17-20H2,1-7H3,(H,54,69)(H,55,73)(H,57,72)(H,61,68)(H,63,70)(H,64,74)/t30-,39+,43-,44-/m0/s1. The number of aromatic nitrogens is 7. The third kappa shape index (κ3) is 14.0. The highest BCUT2D eigenvalue weighted by molar-refractivity contribution is 7.15. The molecule has 7 aromatic heterocycles. The molecule has 0 unspecified atom stereocenters. The van der Waals surface area contributed by atoms with E-state index in [1.807, 2.05) is 50.4 Å². The summed E-state index contributed by atoms with van der Waals surface area (Å²) < 4.78 is 5.45. The number of amides is 6. The van der Waals surface area contributed by atoms with Crippen molar-refractivity contribution in [3.05, 3.63) is 111 Å². The summed E-state index contributed by atoms with van der Waals surface area (Å²) >= 11 is 7.32. The second-order valence-electron chi connectivity index (χ2n) is 19.1. The molecule has 8 aromatic rings. The maximum absolute atomic E-state index is 14.3. The summed E-state index contributed by atoms with van der Waals surface area (Å²) in [7, 11) is 6.86. The molecule has 9 rings (SSSR count).